The number of ketones is 1. The van der Waals surface area contributed by atoms with Crippen LogP contribution in [0, 0.1) is 23.2 Å². The van der Waals surface area contributed by atoms with Gasteiger partial charge in [0.25, 0.3) is 0 Å². The van der Waals surface area contributed by atoms with Crippen LogP contribution in [0.15, 0.2) is 0 Å². The Labute approximate surface area is 160 Å². The van der Waals surface area contributed by atoms with Gasteiger partial charge in [-0.25, -0.2) is 4.79 Å². The number of Topliss-reactive ketones (excluding diaryl/α,β-unsaturated/α-hetero) is 1. The molecule has 0 spiro atoms. The monoisotopic (exact) mass is 377 g/mol. The van der Waals surface area contributed by atoms with E-state index in [1.807, 2.05) is 0 Å². The number of carbonyl (C=O) groups is 3. The third-order valence-electron chi connectivity index (χ3n) is 7.40. The Kier molecular flexibility index (Phi) is 4.81. The first kappa shape index (κ1) is 18.9. The van der Waals surface area contributed by atoms with Crippen LogP contribution in [-0.4, -0.2) is 52.5 Å². The molecule has 0 aromatic carbocycles. The fourth-order valence-corrected chi connectivity index (χ4v) is 6.54. The van der Waals surface area contributed by atoms with E-state index in [4.69, 9.17) is 4.74 Å². The van der Waals surface area contributed by atoms with Crippen molar-refractivity contribution < 1.29 is 24.2 Å². The van der Waals surface area contributed by atoms with Gasteiger partial charge in [-0.05, 0) is 63.2 Å². The number of amides is 1. The Morgan fingerprint density at radius 2 is 1.63 bits per heavy atom. The molecule has 0 unspecified atom stereocenters. The van der Waals surface area contributed by atoms with Gasteiger partial charge in [0.05, 0.1) is 11.5 Å². The maximum atomic E-state index is 13.6. The van der Waals surface area contributed by atoms with Crippen LogP contribution in [0.2, 0.25) is 0 Å². The molecule has 1 heterocycles. The second kappa shape index (κ2) is 6.87. The highest BCUT2D eigenvalue weighted by Crippen LogP contribution is 2.60. The highest BCUT2D eigenvalue weighted by Gasteiger charge is 2.57. The van der Waals surface area contributed by atoms with E-state index in [0.717, 1.165) is 19.3 Å². The summed E-state index contributed by atoms with van der Waals surface area (Å²) in [6, 6.07) is -0.771. The maximum absolute atomic E-state index is 13.6. The lowest BCUT2D eigenvalue weighted by Gasteiger charge is -2.56. The predicted octanol–water partition coefficient (Wildman–Crippen LogP) is 2.08. The third kappa shape index (κ3) is 3.30. The van der Waals surface area contributed by atoms with E-state index in [9.17, 15) is 19.5 Å². The molecule has 1 amide bonds. The number of hydrogen-bond acceptors (Lipinski definition) is 5. The summed E-state index contributed by atoms with van der Waals surface area (Å²) in [5.41, 5.74) is -0.345. The molecule has 0 aromatic heterocycles. The molecule has 1 N–H and O–H groups in total. The molecule has 5 aliphatic rings. The minimum Gasteiger partial charge on any atom is -0.453 e. The summed E-state index contributed by atoms with van der Waals surface area (Å²) < 4.78 is 5.34. The van der Waals surface area contributed by atoms with Gasteiger partial charge in [0.15, 0.2) is 11.9 Å². The van der Waals surface area contributed by atoms with Gasteiger partial charge in [-0.2, -0.15) is 0 Å². The molecule has 5 fully saturated rings. The Balaban J connectivity index is 1.50. The molecule has 27 heavy (non-hydrogen) atoms. The fourth-order valence-electron chi connectivity index (χ4n) is 6.54. The number of nitrogens with zero attached hydrogens (tertiary/aromatic N) is 1. The van der Waals surface area contributed by atoms with Crippen molar-refractivity contribution >= 4 is 17.7 Å². The van der Waals surface area contributed by atoms with Gasteiger partial charge in [-0.15, -0.1) is 0 Å². The summed E-state index contributed by atoms with van der Waals surface area (Å²) in [4.78, 5) is 39.6. The standard InChI is InChI=1S/C21H31NO5/c1-3-18(24)12(2)27-19(25)17-7-16(23)11-22(17)20(26)21-8-13-4-14(9-21)6-15(5-13)10-21/h12-17,23H,3-11H2,1-2H3/t12-,13?,14?,15?,16-,17+,21?/m1/s1. The minimum atomic E-state index is -0.809. The lowest BCUT2D eigenvalue weighted by Crippen LogP contribution is -2.56. The van der Waals surface area contributed by atoms with Crippen molar-refractivity contribution in [2.45, 2.75) is 83.5 Å². The summed E-state index contributed by atoms with van der Waals surface area (Å²) in [6.45, 7) is 3.49. The Bertz CT molecular complexity index is 609. The lowest BCUT2D eigenvalue weighted by molar-refractivity contribution is -0.168. The molecule has 4 saturated carbocycles. The van der Waals surface area contributed by atoms with Gasteiger partial charge in [-0.1, -0.05) is 6.92 Å². The van der Waals surface area contributed by atoms with Crippen LogP contribution in [0.5, 0.6) is 0 Å². The Morgan fingerprint density at radius 3 is 2.15 bits per heavy atom. The topological polar surface area (TPSA) is 83.9 Å². The first-order valence-corrected chi connectivity index (χ1v) is 10.5. The van der Waals surface area contributed by atoms with E-state index in [1.165, 1.54) is 19.3 Å². The molecule has 3 atom stereocenters. The molecule has 0 aromatic rings. The molecule has 0 radical (unpaired) electrons. The zero-order valence-corrected chi connectivity index (χ0v) is 16.4. The van der Waals surface area contributed by atoms with Crippen molar-refractivity contribution in [3.63, 3.8) is 0 Å². The lowest BCUT2D eigenvalue weighted by atomic mass is 9.49. The minimum absolute atomic E-state index is 0.0366. The summed E-state index contributed by atoms with van der Waals surface area (Å²) >= 11 is 0. The van der Waals surface area contributed by atoms with Crippen molar-refractivity contribution in [1.29, 1.82) is 0 Å². The fraction of sp³-hybridized carbons (Fsp3) is 0.857. The smallest absolute Gasteiger partial charge is 0.329 e. The van der Waals surface area contributed by atoms with Gasteiger partial charge in [0.2, 0.25) is 5.91 Å². The normalized spacial score (nSPS) is 40.9. The van der Waals surface area contributed by atoms with Gasteiger partial charge in [0, 0.05) is 19.4 Å². The molecule has 5 rings (SSSR count). The molecule has 4 aliphatic carbocycles. The van der Waals surface area contributed by atoms with Crippen molar-refractivity contribution in [2.24, 2.45) is 23.2 Å². The number of aliphatic hydroxyl groups is 1. The second-order valence-corrected chi connectivity index (χ2v) is 9.46. The Hall–Kier alpha value is -1.43. The molecular weight excluding hydrogens is 346 g/mol. The van der Waals surface area contributed by atoms with E-state index in [1.54, 1.807) is 18.7 Å². The SMILES string of the molecule is CCC(=O)[C@@H](C)OC(=O)[C@@H]1C[C@@H](O)CN1C(=O)C12CC3CC(CC(C3)C1)C2. The van der Waals surface area contributed by atoms with Gasteiger partial charge in [0.1, 0.15) is 6.04 Å². The largest absolute Gasteiger partial charge is 0.453 e. The van der Waals surface area contributed by atoms with Crippen LogP contribution in [0.25, 0.3) is 0 Å². The van der Waals surface area contributed by atoms with Crippen molar-refractivity contribution in [3.05, 3.63) is 0 Å². The van der Waals surface area contributed by atoms with E-state index < -0.39 is 24.2 Å². The average molecular weight is 377 g/mol. The molecule has 6 heteroatoms. The first-order chi connectivity index (χ1) is 12.8. The van der Waals surface area contributed by atoms with Crippen LogP contribution in [0.1, 0.15) is 65.2 Å². The second-order valence-electron chi connectivity index (χ2n) is 9.46. The van der Waals surface area contributed by atoms with Crippen molar-refractivity contribution in [3.8, 4) is 0 Å². The average Bonchev–Trinajstić information content (AvgIpc) is 3.00. The number of rotatable bonds is 5. The maximum Gasteiger partial charge on any atom is 0.329 e. The number of esters is 1. The quantitative estimate of drug-likeness (QED) is 0.742. The van der Waals surface area contributed by atoms with Crippen molar-refractivity contribution in [2.75, 3.05) is 6.54 Å². The summed E-state index contributed by atoms with van der Waals surface area (Å²) in [6.07, 6.45) is 5.51. The highest BCUT2D eigenvalue weighted by atomic mass is 16.5. The molecule has 1 saturated heterocycles. The summed E-state index contributed by atoms with van der Waals surface area (Å²) in [5, 5.41) is 10.2. The first-order valence-electron chi connectivity index (χ1n) is 10.5. The predicted molar refractivity (Wildman–Crippen MR) is 97.6 cm³/mol. The van der Waals surface area contributed by atoms with Crippen LogP contribution in [0.3, 0.4) is 0 Å². The van der Waals surface area contributed by atoms with Crippen LogP contribution < -0.4 is 0 Å². The molecule has 6 nitrogen and oxygen atoms in total. The third-order valence-corrected chi connectivity index (χ3v) is 7.40. The van der Waals surface area contributed by atoms with E-state index in [-0.39, 0.29) is 30.1 Å². The zero-order valence-electron chi connectivity index (χ0n) is 16.4. The molecular formula is C21H31NO5. The number of aliphatic hydroxyl groups excluding tert-OH is 1. The highest BCUT2D eigenvalue weighted by molar-refractivity contribution is 5.91. The zero-order chi connectivity index (χ0) is 19.3. The number of β-amino-alcohol motifs (C(OH)–C–C–N with tert-alkyl or cyclic N) is 1. The number of carbonyl (C=O) groups excluding carboxylic acids is 3. The van der Waals surface area contributed by atoms with Gasteiger partial charge < -0.3 is 14.7 Å². The molecule has 1 aliphatic heterocycles. The van der Waals surface area contributed by atoms with E-state index >= 15 is 0 Å². The Morgan fingerprint density at radius 1 is 1.07 bits per heavy atom. The van der Waals surface area contributed by atoms with E-state index in [0.29, 0.717) is 24.2 Å². The van der Waals surface area contributed by atoms with Gasteiger partial charge in [-0.3, -0.25) is 9.59 Å². The molecule has 150 valence electrons. The van der Waals surface area contributed by atoms with Crippen LogP contribution in [-0.2, 0) is 19.1 Å². The summed E-state index contributed by atoms with van der Waals surface area (Å²) in [5.74, 6) is 1.26. The van der Waals surface area contributed by atoms with E-state index in [2.05, 4.69) is 0 Å². The molecule has 4 bridgehead atoms. The number of hydrogen-bond donors (Lipinski definition) is 1. The number of ether oxygens (including phenoxy) is 1. The van der Waals surface area contributed by atoms with Crippen molar-refractivity contribution in [1.82, 2.24) is 4.90 Å². The van der Waals surface area contributed by atoms with Gasteiger partial charge >= 0.3 is 5.97 Å². The van der Waals surface area contributed by atoms with Crippen LogP contribution in [0.4, 0.5) is 0 Å². The number of likely N-dealkylation sites (tertiary alicyclic amines) is 1. The van der Waals surface area contributed by atoms with Crippen LogP contribution >= 0.6 is 0 Å². The summed E-state index contributed by atoms with van der Waals surface area (Å²) in [7, 11) is 0.